The van der Waals surface area contributed by atoms with Crippen molar-refractivity contribution in [2.75, 3.05) is 20.5 Å². The van der Waals surface area contributed by atoms with Gasteiger partial charge in [-0.2, -0.15) is 0 Å². The summed E-state index contributed by atoms with van der Waals surface area (Å²) in [4.78, 5) is 19.3. The summed E-state index contributed by atoms with van der Waals surface area (Å²) in [5.74, 6) is 1.23. The maximum Gasteiger partial charge on any atom is 0.254 e. The number of amides is 1. The predicted octanol–water partition coefficient (Wildman–Crippen LogP) is 1.36. The van der Waals surface area contributed by atoms with Gasteiger partial charge >= 0.3 is 0 Å². The van der Waals surface area contributed by atoms with Crippen LogP contribution in [0.5, 0.6) is 11.5 Å². The first-order chi connectivity index (χ1) is 11.7. The number of nitrogens with zero attached hydrogens (tertiary/aromatic N) is 3. The summed E-state index contributed by atoms with van der Waals surface area (Å²) in [6.07, 6.45) is 2.53. The summed E-state index contributed by atoms with van der Waals surface area (Å²) in [5.41, 5.74) is 2.69. The SMILES string of the molecule is COCC1Cc2c(ncn2C)CN1C(=O)c1ccc2c(c1)OCO2. The molecule has 126 valence electrons. The van der Waals surface area contributed by atoms with Gasteiger partial charge in [0.2, 0.25) is 6.79 Å². The van der Waals surface area contributed by atoms with Gasteiger partial charge in [0.1, 0.15) is 0 Å². The Bertz CT molecular complexity index is 786. The van der Waals surface area contributed by atoms with E-state index in [1.807, 2.05) is 16.5 Å². The van der Waals surface area contributed by atoms with Crippen LogP contribution in [0.15, 0.2) is 24.5 Å². The molecule has 4 rings (SSSR count). The molecule has 2 aromatic rings. The first-order valence-electron chi connectivity index (χ1n) is 7.86. The van der Waals surface area contributed by atoms with Gasteiger partial charge in [-0.15, -0.1) is 0 Å². The molecule has 0 bridgehead atoms. The molecule has 0 saturated heterocycles. The van der Waals surface area contributed by atoms with E-state index in [0.717, 1.165) is 17.8 Å². The molecule has 1 aromatic carbocycles. The van der Waals surface area contributed by atoms with E-state index in [1.54, 1.807) is 31.6 Å². The molecule has 24 heavy (non-hydrogen) atoms. The van der Waals surface area contributed by atoms with Crippen LogP contribution in [-0.2, 0) is 24.8 Å². The first-order valence-corrected chi connectivity index (χ1v) is 7.86. The summed E-state index contributed by atoms with van der Waals surface area (Å²) in [7, 11) is 3.63. The second-order valence-electron chi connectivity index (χ2n) is 6.06. The van der Waals surface area contributed by atoms with Crippen LogP contribution in [0.25, 0.3) is 0 Å². The van der Waals surface area contributed by atoms with Crippen LogP contribution in [0.3, 0.4) is 0 Å². The summed E-state index contributed by atoms with van der Waals surface area (Å²) in [6, 6.07) is 5.27. The third kappa shape index (κ3) is 2.41. The minimum Gasteiger partial charge on any atom is -0.454 e. The van der Waals surface area contributed by atoms with Crippen molar-refractivity contribution in [3.8, 4) is 11.5 Å². The van der Waals surface area contributed by atoms with Crippen molar-refractivity contribution in [1.29, 1.82) is 0 Å². The van der Waals surface area contributed by atoms with E-state index in [9.17, 15) is 4.79 Å². The molecule has 0 fully saturated rings. The molecule has 0 saturated carbocycles. The Morgan fingerprint density at radius 3 is 3.04 bits per heavy atom. The number of aryl methyl sites for hydroxylation is 1. The van der Waals surface area contributed by atoms with Gasteiger partial charge in [0.05, 0.1) is 31.2 Å². The van der Waals surface area contributed by atoms with E-state index in [2.05, 4.69) is 4.98 Å². The Morgan fingerprint density at radius 1 is 1.38 bits per heavy atom. The minimum absolute atomic E-state index is 0.0178. The Balaban J connectivity index is 1.64. The number of benzene rings is 1. The maximum atomic E-state index is 13.0. The van der Waals surface area contributed by atoms with E-state index >= 15 is 0 Å². The van der Waals surface area contributed by atoms with Crippen LogP contribution in [0.4, 0.5) is 0 Å². The highest BCUT2D eigenvalue weighted by Crippen LogP contribution is 2.33. The minimum atomic E-state index is -0.0494. The standard InChI is InChI=1S/C17H19N3O4/c1-19-9-18-13-7-20(12(8-22-2)6-14(13)19)17(21)11-3-4-15-16(5-11)24-10-23-15/h3-5,9,12H,6-8,10H2,1-2H3. The van der Waals surface area contributed by atoms with E-state index in [1.165, 1.54) is 0 Å². The number of hydrogen-bond acceptors (Lipinski definition) is 5. The third-order valence-corrected chi connectivity index (χ3v) is 4.57. The second-order valence-corrected chi connectivity index (χ2v) is 6.06. The van der Waals surface area contributed by atoms with Crippen molar-refractivity contribution < 1.29 is 19.0 Å². The Hall–Kier alpha value is -2.54. The van der Waals surface area contributed by atoms with Gasteiger partial charge < -0.3 is 23.7 Å². The highest BCUT2D eigenvalue weighted by molar-refractivity contribution is 5.95. The molecule has 3 heterocycles. The van der Waals surface area contributed by atoms with E-state index < -0.39 is 0 Å². The number of carbonyl (C=O) groups excluding carboxylic acids is 1. The molecule has 1 unspecified atom stereocenters. The summed E-state index contributed by atoms with van der Waals surface area (Å²) < 4.78 is 18.0. The topological polar surface area (TPSA) is 65.8 Å². The molecule has 1 amide bonds. The van der Waals surface area contributed by atoms with Crippen LogP contribution in [0.2, 0.25) is 0 Å². The van der Waals surface area contributed by atoms with Gasteiger partial charge in [0.15, 0.2) is 11.5 Å². The number of rotatable bonds is 3. The quantitative estimate of drug-likeness (QED) is 0.851. The molecule has 7 heteroatoms. The average Bonchev–Trinajstić information content (AvgIpc) is 3.20. The van der Waals surface area contributed by atoms with E-state index in [0.29, 0.717) is 30.2 Å². The second kappa shape index (κ2) is 5.83. The number of ether oxygens (including phenoxy) is 3. The average molecular weight is 329 g/mol. The third-order valence-electron chi connectivity index (χ3n) is 4.57. The number of hydrogen-bond donors (Lipinski definition) is 0. The fraction of sp³-hybridized carbons (Fsp3) is 0.412. The van der Waals surface area contributed by atoms with Crippen LogP contribution in [-0.4, -0.2) is 46.9 Å². The lowest BCUT2D eigenvalue weighted by Gasteiger charge is -2.35. The monoisotopic (exact) mass is 329 g/mol. The van der Waals surface area contributed by atoms with Crippen LogP contribution < -0.4 is 9.47 Å². The van der Waals surface area contributed by atoms with E-state index in [4.69, 9.17) is 14.2 Å². The van der Waals surface area contributed by atoms with E-state index in [-0.39, 0.29) is 18.7 Å². The van der Waals surface area contributed by atoms with Crippen molar-refractivity contribution >= 4 is 5.91 Å². The van der Waals surface area contributed by atoms with Crippen molar-refractivity contribution in [3.05, 3.63) is 41.5 Å². The Morgan fingerprint density at radius 2 is 2.21 bits per heavy atom. The molecule has 0 radical (unpaired) electrons. The Kier molecular flexibility index (Phi) is 3.65. The summed E-state index contributed by atoms with van der Waals surface area (Å²) in [5, 5.41) is 0. The molecule has 0 spiro atoms. The van der Waals surface area contributed by atoms with Gasteiger partial charge in [-0.25, -0.2) is 4.98 Å². The number of carbonyl (C=O) groups is 1. The largest absolute Gasteiger partial charge is 0.454 e. The molecule has 2 aliphatic rings. The highest BCUT2D eigenvalue weighted by Gasteiger charge is 2.33. The molecular weight excluding hydrogens is 310 g/mol. The zero-order valence-electron chi connectivity index (χ0n) is 13.7. The lowest BCUT2D eigenvalue weighted by atomic mass is 10.0. The lowest BCUT2D eigenvalue weighted by molar-refractivity contribution is 0.0467. The maximum absolute atomic E-state index is 13.0. The normalized spacial score (nSPS) is 18.6. The Labute approximate surface area is 139 Å². The molecule has 1 atom stereocenters. The molecule has 2 aliphatic heterocycles. The van der Waals surface area contributed by atoms with Crippen molar-refractivity contribution in [1.82, 2.24) is 14.5 Å². The van der Waals surface area contributed by atoms with Crippen LogP contribution in [0, 0.1) is 0 Å². The van der Waals surface area contributed by atoms with Crippen LogP contribution >= 0.6 is 0 Å². The smallest absolute Gasteiger partial charge is 0.254 e. The first kappa shape index (κ1) is 15.0. The van der Waals surface area contributed by atoms with Gasteiger partial charge in [0, 0.05) is 31.8 Å². The predicted molar refractivity (Wildman–Crippen MR) is 85.0 cm³/mol. The van der Waals surface area contributed by atoms with Crippen LogP contribution in [0.1, 0.15) is 21.7 Å². The van der Waals surface area contributed by atoms with Crippen molar-refractivity contribution in [2.45, 2.75) is 19.0 Å². The molecule has 1 aromatic heterocycles. The molecular formula is C17H19N3O4. The van der Waals surface area contributed by atoms with Gasteiger partial charge in [-0.05, 0) is 18.2 Å². The number of imidazole rings is 1. The van der Waals surface area contributed by atoms with Crippen molar-refractivity contribution in [2.24, 2.45) is 7.05 Å². The molecule has 7 nitrogen and oxygen atoms in total. The number of methoxy groups -OCH3 is 1. The lowest BCUT2D eigenvalue weighted by Crippen LogP contribution is -2.47. The number of fused-ring (bicyclic) bond motifs is 2. The van der Waals surface area contributed by atoms with Gasteiger partial charge in [-0.3, -0.25) is 4.79 Å². The summed E-state index contributed by atoms with van der Waals surface area (Å²) in [6.45, 7) is 1.17. The van der Waals surface area contributed by atoms with Crippen molar-refractivity contribution in [3.63, 3.8) is 0 Å². The molecule has 0 aliphatic carbocycles. The zero-order chi connectivity index (χ0) is 16.7. The molecule has 0 N–H and O–H groups in total. The van der Waals surface area contributed by atoms with Gasteiger partial charge in [-0.1, -0.05) is 0 Å². The zero-order valence-corrected chi connectivity index (χ0v) is 13.7. The fourth-order valence-corrected chi connectivity index (χ4v) is 3.30. The highest BCUT2D eigenvalue weighted by atomic mass is 16.7. The van der Waals surface area contributed by atoms with Gasteiger partial charge in [0.25, 0.3) is 5.91 Å². The summed E-state index contributed by atoms with van der Waals surface area (Å²) >= 11 is 0. The number of aromatic nitrogens is 2. The fourth-order valence-electron chi connectivity index (χ4n) is 3.30.